The van der Waals surface area contributed by atoms with Gasteiger partial charge in [-0.15, -0.1) is 0 Å². The molecule has 0 saturated heterocycles. The Morgan fingerprint density at radius 3 is 1.77 bits per heavy atom. The Hall–Kier alpha value is -2.92. The van der Waals surface area contributed by atoms with Gasteiger partial charge in [0.25, 0.3) is 0 Å². The van der Waals surface area contributed by atoms with E-state index in [4.69, 9.17) is 0 Å². The molecule has 156 valence electrons. The van der Waals surface area contributed by atoms with Crippen LogP contribution in [0, 0.1) is 0 Å². The van der Waals surface area contributed by atoms with Crippen molar-refractivity contribution in [2.45, 2.75) is 25.3 Å². The summed E-state index contributed by atoms with van der Waals surface area (Å²) in [5.74, 6) is -1.02. The zero-order chi connectivity index (χ0) is 21.5. The summed E-state index contributed by atoms with van der Waals surface area (Å²) in [6.07, 6.45) is 1.17. The van der Waals surface area contributed by atoms with Crippen LogP contribution in [0.2, 0.25) is 0 Å². The molecule has 1 N–H and O–H groups in total. The number of aryl methyl sites for hydroxylation is 1. The topological polar surface area (TPSA) is 63.2 Å². The molecule has 0 fully saturated rings. The maximum atomic E-state index is 12.8. The van der Waals surface area contributed by atoms with E-state index in [1.54, 1.807) is 0 Å². The monoisotopic (exact) mass is 421 g/mol. The SMILES string of the molecule is CC(NC(=O)CS(=O)(=O)CCCc1ccccc1)(c1ccccc1)c1ccccc1. The van der Waals surface area contributed by atoms with Crippen LogP contribution in [0.4, 0.5) is 0 Å². The third-order valence-corrected chi connectivity index (χ3v) is 6.82. The number of hydrogen-bond donors (Lipinski definition) is 1. The Morgan fingerprint density at radius 1 is 0.800 bits per heavy atom. The number of nitrogens with one attached hydrogen (secondary N) is 1. The highest BCUT2D eigenvalue weighted by molar-refractivity contribution is 7.92. The molecule has 3 aromatic rings. The molecule has 0 heterocycles. The number of carbonyl (C=O) groups is 1. The largest absolute Gasteiger partial charge is 0.342 e. The third-order valence-electron chi connectivity index (χ3n) is 5.21. The number of rotatable bonds is 9. The van der Waals surface area contributed by atoms with Crippen LogP contribution in [0.3, 0.4) is 0 Å². The van der Waals surface area contributed by atoms with Crippen LogP contribution in [0.25, 0.3) is 0 Å². The normalized spacial score (nSPS) is 11.8. The van der Waals surface area contributed by atoms with Gasteiger partial charge in [-0.25, -0.2) is 8.42 Å². The molecule has 3 rings (SSSR count). The van der Waals surface area contributed by atoms with Crippen LogP contribution in [-0.2, 0) is 26.6 Å². The van der Waals surface area contributed by atoms with Gasteiger partial charge in [-0.3, -0.25) is 4.79 Å². The Bertz CT molecular complexity index is 1010. The molecule has 0 aliphatic carbocycles. The molecule has 0 aromatic heterocycles. The molecule has 5 heteroatoms. The highest BCUT2D eigenvalue weighted by Gasteiger charge is 2.31. The van der Waals surface area contributed by atoms with Gasteiger partial charge < -0.3 is 5.32 Å². The molecule has 0 atom stereocenters. The average Bonchev–Trinajstić information content (AvgIpc) is 2.75. The van der Waals surface area contributed by atoms with Crippen molar-refractivity contribution in [2.24, 2.45) is 0 Å². The molecule has 3 aromatic carbocycles. The van der Waals surface area contributed by atoms with E-state index < -0.39 is 27.0 Å². The molecule has 0 aliphatic rings. The summed E-state index contributed by atoms with van der Waals surface area (Å²) < 4.78 is 25.1. The molecule has 0 spiro atoms. The summed E-state index contributed by atoms with van der Waals surface area (Å²) >= 11 is 0. The second-order valence-corrected chi connectivity index (χ2v) is 9.77. The van der Waals surface area contributed by atoms with Crippen molar-refractivity contribution in [3.05, 3.63) is 108 Å². The zero-order valence-corrected chi connectivity index (χ0v) is 17.9. The van der Waals surface area contributed by atoms with Gasteiger partial charge in [-0.05, 0) is 36.5 Å². The zero-order valence-electron chi connectivity index (χ0n) is 17.1. The molecular formula is C25H27NO3S. The van der Waals surface area contributed by atoms with Gasteiger partial charge >= 0.3 is 0 Å². The number of hydrogen-bond acceptors (Lipinski definition) is 3. The molecule has 30 heavy (non-hydrogen) atoms. The van der Waals surface area contributed by atoms with Gasteiger partial charge in [0.1, 0.15) is 5.75 Å². The first-order valence-electron chi connectivity index (χ1n) is 10.1. The van der Waals surface area contributed by atoms with Crippen molar-refractivity contribution in [1.29, 1.82) is 0 Å². The lowest BCUT2D eigenvalue weighted by atomic mass is 9.84. The molecular weight excluding hydrogens is 394 g/mol. The summed E-state index contributed by atoms with van der Waals surface area (Å²) in [5.41, 5.74) is 2.06. The maximum absolute atomic E-state index is 12.8. The fraction of sp³-hybridized carbons (Fsp3) is 0.240. The molecule has 0 radical (unpaired) electrons. The van der Waals surface area contributed by atoms with E-state index in [9.17, 15) is 13.2 Å². The first kappa shape index (κ1) is 21.8. The Labute approximate surface area is 178 Å². The van der Waals surface area contributed by atoms with E-state index in [0.29, 0.717) is 12.8 Å². The van der Waals surface area contributed by atoms with Crippen molar-refractivity contribution in [2.75, 3.05) is 11.5 Å². The summed E-state index contributed by atoms with van der Waals surface area (Å²) in [7, 11) is -3.50. The van der Waals surface area contributed by atoms with Crippen LogP contribution in [-0.4, -0.2) is 25.8 Å². The van der Waals surface area contributed by atoms with Crippen LogP contribution in [0.1, 0.15) is 30.0 Å². The molecule has 1 amide bonds. The van der Waals surface area contributed by atoms with E-state index in [0.717, 1.165) is 16.7 Å². The number of carbonyl (C=O) groups excluding carboxylic acids is 1. The Balaban J connectivity index is 1.68. The molecule has 0 saturated carbocycles. The highest BCUT2D eigenvalue weighted by Crippen LogP contribution is 2.29. The van der Waals surface area contributed by atoms with Crippen LogP contribution in [0.5, 0.6) is 0 Å². The van der Waals surface area contributed by atoms with Crippen molar-refractivity contribution in [3.8, 4) is 0 Å². The summed E-state index contributed by atoms with van der Waals surface area (Å²) in [6, 6.07) is 28.9. The maximum Gasteiger partial charge on any atom is 0.236 e. The first-order valence-corrected chi connectivity index (χ1v) is 11.9. The van der Waals surface area contributed by atoms with E-state index in [1.165, 1.54) is 0 Å². The summed E-state index contributed by atoms with van der Waals surface area (Å²) in [6.45, 7) is 1.90. The van der Waals surface area contributed by atoms with Crippen LogP contribution >= 0.6 is 0 Å². The van der Waals surface area contributed by atoms with Crippen molar-refractivity contribution >= 4 is 15.7 Å². The smallest absolute Gasteiger partial charge is 0.236 e. The molecule has 0 unspecified atom stereocenters. The minimum atomic E-state index is -3.50. The van der Waals surface area contributed by atoms with Crippen molar-refractivity contribution in [3.63, 3.8) is 0 Å². The van der Waals surface area contributed by atoms with Gasteiger partial charge in [0.05, 0.1) is 11.3 Å². The Morgan fingerprint density at radius 2 is 1.27 bits per heavy atom. The van der Waals surface area contributed by atoms with Gasteiger partial charge in [0, 0.05) is 0 Å². The fourth-order valence-corrected chi connectivity index (χ4v) is 4.78. The molecule has 0 aliphatic heterocycles. The van der Waals surface area contributed by atoms with Crippen molar-refractivity contribution in [1.82, 2.24) is 5.32 Å². The van der Waals surface area contributed by atoms with E-state index in [1.807, 2.05) is 97.9 Å². The standard InChI is InChI=1S/C25H27NO3S/c1-25(22-15-7-3-8-16-22,23-17-9-4-10-18-23)26-24(27)20-30(28,29)19-11-14-21-12-5-2-6-13-21/h2-10,12-13,15-18H,11,14,19-20H2,1H3,(H,26,27). The third kappa shape index (κ3) is 5.80. The minimum Gasteiger partial charge on any atom is -0.342 e. The van der Waals surface area contributed by atoms with Gasteiger partial charge in [-0.1, -0.05) is 91.0 Å². The quantitative estimate of drug-likeness (QED) is 0.565. The molecule has 0 bridgehead atoms. The summed E-state index contributed by atoms with van der Waals surface area (Å²) in [5, 5.41) is 2.97. The van der Waals surface area contributed by atoms with Gasteiger partial charge in [0.2, 0.25) is 5.91 Å². The fourth-order valence-electron chi connectivity index (χ4n) is 3.58. The average molecular weight is 422 g/mol. The predicted molar refractivity (Wildman–Crippen MR) is 121 cm³/mol. The van der Waals surface area contributed by atoms with E-state index in [2.05, 4.69) is 5.32 Å². The highest BCUT2D eigenvalue weighted by atomic mass is 32.2. The minimum absolute atomic E-state index is 0.0112. The lowest BCUT2D eigenvalue weighted by Gasteiger charge is -2.32. The lowest BCUT2D eigenvalue weighted by Crippen LogP contribution is -2.46. The van der Waals surface area contributed by atoms with Crippen LogP contribution < -0.4 is 5.32 Å². The number of amides is 1. The van der Waals surface area contributed by atoms with Gasteiger partial charge in [0.15, 0.2) is 9.84 Å². The second-order valence-electron chi connectivity index (χ2n) is 7.59. The second kappa shape index (κ2) is 9.72. The summed E-state index contributed by atoms with van der Waals surface area (Å²) in [4.78, 5) is 12.8. The van der Waals surface area contributed by atoms with Gasteiger partial charge in [-0.2, -0.15) is 0 Å². The predicted octanol–water partition coefficient (Wildman–Crippen LogP) is 4.11. The van der Waals surface area contributed by atoms with Crippen LogP contribution in [0.15, 0.2) is 91.0 Å². The van der Waals surface area contributed by atoms with Crippen molar-refractivity contribution < 1.29 is 13.2 Å². The number of benzene rings is 3. The lowest BCUT2D eigenvalue weighted by molar-refractivity contribution is -0.120. The first-order chi connectivity index (χ1) is 14.4. The Kier molecular flexibility index (Phi) is 7.06. The number of sulfone groups is 1. The van der Waals surface area contributed by atoms with E-state index >= 15 is 0 Å². The van der Waals surface area contributed by atoms with E-state index in [-0.39, 0.29) is 5.75 Å². The molecule has 4 nitrogen and oxygen atoms in total.